The first-order valence-corrected chi connectivity index (χ1v) is 10.7. The normalized spacial score (nSPS) is 11.1. The summed E-state index contributed by atoms with van der Waals surface area (Å²) in [4.78, 5) is 19.1. The summed E-state index contributed by atoms with van der Waals surface area (Å²) in [5, 5.41) is 10.0. The highest BCUT2D eigenvalue weighted by atomic mass is 32.2. The lowest BCUT2D eigenvalue weighted by molar-refractivity contribution is -0.139. The van der Waals surface area contributed by atoms with Crippen LogP contribution in [0.5, 0.6) is 5.75 Å². The van der Waals surface area contributed by atoms with E-state index < -0.39 is 22.6 Å². The zero-order valence-corrected chi connectivity index (χ0v) is 16.9. The van der Waals surface area contributed by atoms with Crippen molar-refractivity contribution in [2.24, 2.45) is 0 Å². The predicted octanol–water partition coefficient (Wildman–Crippen LogP) is 3.20. The number of anilines is 1. The molecular weight excluding hydrogens is 414 g/mol. The van der Waals surface area contributed by atoms with Crippen LogP contribution in [-0.4, -0.2) is 36.1 Å². The van der Waals surface area contributed by atoms with Gasteiger partial charge in [-0.3, -0.25) is 4.72 Å². The highest BCUT2D eigenvalue weighted by Crippen LogP contribution is 2.27. The Morgan fingerprint density at radius 3 is 2.59 bits per heavy atom. The van der Waals surface area contributed by atoms with E-state index in [4.69, 9.17) is 9.84 Å². The van der Waals surface area contributed by atoms with Crippen LogP contribution in [0.15, 0.2) is 75.9 Å². The summed E-state index contributed by atoms with van der Waals surface area (Å²) in [6, 6.07) is 12.9. The number of nitrogens with one attached hydrogen (secondary N) is 1. The Balaban J connectivity index is 1.76. The minimum Gasteiger partial charge on any atom is -0.482 e. The Bertz CT molecular complexity index is 1120. The van der Waals surface area contributed by atoms with E-state index in [9.17, 15) is 13.2 Å². The van der Waals surface area contributed by atoms with Crippen molar-refractivity contribution < 1.29 is 23.1 Å². The van der Waals surface area contributed by atoms with Crippen LogP contribution in [0.2, 0.25) is 0 Å². The molecule has 2 heterocycles. The molecule has 2 aromatic heterocycles. The second-order valence-electron chi connectivity index (χ2n) is 5.87. The predicted molar refractivity (Wildman–Crippen MR) is 108 cm³/mol. The number of carbonyl (C=O) groups is 1. The summed E-state index contributed by atoms with van der Waals surface area (Å²) in [6.45, 7) is 1.14. The van der Waals surface area contributed by atoms with Gasteiger partial charge in [0.2, 0.25) is 0 Å². The molecule has 0 aliphatic rings. The van der Waals surface area contributed by atoms with Crippen molar-refractivity contribution in [3.8, 4) is 5.75 Å². The number of rotatable bonds is 8. The average Bonchev–Trinajstić information content (AvgIpc) is 2.67. The molecule has 0 amide bonds. The summed E-state index contributed by atoms with van der Waals surface area (Å²) >= 11 is 1.31. The molecule has 3 rings (SSSR count). The van der Waals surface area contributed by atoms with Crippen LogP contribution in [0.1, 0.15) is 5.56 Å². The molecule has 29 heavy (non-hydrogen) atoms. The smallest absolute Gasteiger partial charge is 0.341 e. The van der Waals surface area contributed by atoms with Crippen LogP contribution in [0.3, 0.4) is 0 Å². The maximum atomic E-state index is 12.7. The van der Waals surface area contributed by atoms with Gasteiger partial charge in [0.15, 0.2) is 6.61 Å². The van der Waals surface area contributed by atoms with Gasteiger partial charge in [-0.2, -0.15) is 0 Å². The molecule has 1 aromatic carbocycles. The number of ether oxygens (including phenoxy) is 1. The molecule has 10 heteroatoms. The Morgan fingerprint density at radius 2 is 1.90 bits per heavy atom. The van der Waals surface area contributed by atoms with E-state index in [1.807, 2.05) is 18.2 Å². The summed E-state index contributed by atoms with van der Waals surface area (Å²) in [7, 11) is -3.85. The molecule has 0 fully saturated rings. The SMILES string of the molecule is Cc1cc(S(=O)(=O)Nc2ccnc(Sc3ccccn3)c2)ccc1OCC(=O)O. The summed E-state index contributed by atoms with van der Waals surface area (Å²) in [5.41, 5.74) is 0.873. The summed E-state index contributed by atoms with van der Waals surface area (Å²) in [5.74, 6) is -0.802. The number of aryl methyl sites for hydroxylation is 1. The minimum atomic E-state index is -3.85. The largest absolute Gasteiger partial charge is 0.482 e. The zero-order chi connectivity index (χ0) is 20.9. The average molecular weight is 431 g/mol. The lowest BCUT2D eigenvalue weighted by Gasteiger charge is -2.12. The molecule has 0 radical (unpaired) electrons. The van der Waals surface area contributed by atoms with E-state index >= 15 is 0 Å². The molecule has 0 saturated heterocycles. The second kappa shape index (κ2) is 8.93. The van der Waals surface area contributed by atoms with E-state index in [-0.39, 0.29) is 4.90 Å². The van der Waals surface area contributed by atoms with Crippen molar-refractivity contribution in [2.45, 2.75) is 21.9 Å². The third-order valence-electron chi connectivity index (χ3n) is 3.64. The number of benzene rings is 1. The van der Waals surface area contributed by atoms with Crippen LogP contribution in [0.25, 0.3) is 0 Å². The van der Waals surface area contributed by atoms with Gasteiger partial charge in [-0.15, -0.1) is 0 Å². The maximum absolute atomic E-state index is 12.7. The molecule has 0 spiro atoms. The van der Waals surface area contributed by atoms with Crippen molar-refractivity contribution in [2.75, 3.05) is 11.3 Å². The summed E-state index contributed by atoms with van der Waals surface area (Å²) in [6.07, 6.45) is 3.18. The van der Waals surface area contributed by atoms with Gasteiger partial charge in [-0.25, -0.2) is 23.2 Å². The number of carboxylic acid groups (broad SMARTS) is 1. The van der Waals surface area contributed by atoms with Gasteiger partial charge < -0.3 is 9.84 Å². The van der Waals surface area contributed by atoms with E-state index in [1.54, 1.807) is 25.3 Å². The highest BCUT2D eigenvalue weighted by Gasteiger charge is 2.16. The Labute approximate surface area is 172 Å². The molecule has 0 bridgehead atoms. The summed E-state index contributed by atoms with van der Waals surface area (Å²) < 4.78 is 33.1. The molecule has 0 aliphatic carbocycles. The van der Waals surface area contributed by atoms with Crippen LogP contribution in [0, 0.1) is 6.92 Å². The first-order valence-electron chi connectivity index (χ1n) is 8.36. The van der Waals surface area contributed by atoms with E-state index in [1.165, 1.54) is 36.2 Å². The minimum absolute atomic E-state index is 0.0356. The molecule has 0 atom stereocenters. The quantitative estimate of drug-likeness (QED) is 0.558. The molecule has 150 valence electrons. The van der Waals surface area contributed by atoms with Gasteiger partial charge in [-0.05, 0) is 55.0 Å². The van der Waals surface area contributed by atoms with E-state index in [0.717, 1.165) is 5.03 Å². The lowest BCUT2D eigenvalue weighted by atomic mass is 10.2. The molecule has 0 saturated carbocycles. The third-order valence-corrected chi connectivity index (χ3v) is 5.90. The number of hydrogen-bond donors (Lipinski definition) is 2. The number of carboxylic acids is 1. The standard InChI is InChI=1S/C19H17N3O5S2/c1-13-10-15(5-6-16(13)27-12-19(23)24)29(25,26)22-14-7-9-21-18(11-14)28-17-4-2-3-8-20-17/h2-11H,12H2,1H3,(H,21,22)(H,23,24). The monoisotopic (exact) mass is 431 g/mol. The van der Waals surface area contributed by atoms with Crippen LogP contribution in [-0.2, 0) is 14.8 Å². The van der Waals surface area contributed by atoms with E-state index in [2.05, 4.69) is 14.7 Å². The number of nitrogens with zero attached hydrogens (tertiary/aromatic N) is 2. The van der Waals surface area contributed by atoms with Gasteiger partial charge in [-0.1, -0.05) is 17.8 Å². The van der Waals surface area contributed by atoms with Gasteiger partial charge in [0.25, 0.3) is 10.0 Å². The van der Waals surface area contributed by atoms with Crippen LogP contribution < -0.4 is 9.46 Å². The Kier molecular flexibility index (Phi) is 6.35. The molecule has 0 unspecified atom stereocenters. The third kappa shape index (κ3) is 5.69. The van der Waals surface area contributed by atoms with Crippen molar-refractivity contribution in [1.29, 1.82) is 0 Å². The maximum Gasteiger partial charge on any atom is 0.341 e. The fourth-order valence-corrected chi connectivity index (χ4v) is 4.26. The number of pyridine rings is 2. The molecular formula is C19H17N3O5S2. The lowest BCUT2D eigenvalue weighted by Crippen LogP contribution is -2.14. The number of aliphatic carboxylic acids is 1. The number of hydrogen-bond acceptors (Lipinski definition) is 7. The molecule has 8 nitrogen and oxygen atoms in total. The second-order valence-corrected chi connectivity index (χ2v) is 8.59. The van der Waals surface area contributed by atoms with Crippen molar-refractivity contribution >= 4 is 33.4 Å². The fourth-order valence-electron chi connectivity index (χ4n) is 2.35. The first-order chi connectivity index (χ1) is 13.8. The topological polar surface area (TPSA) is 118 Å². The van der Waals surface area contributed by atoms with Crippen molar-refractivity contribution in [1.82, 2.24) is 9.97 Å². The zero-order valence-electron chi connectivity index (χ0n) is 15.3. The van der Waals surface area contributed by atoms with E-state index in [0.29, 0.717) is 22.0 Å². The van der Waals surface area contributed by atoms with Crippen LogP contribution in [0.4, 0.5) is 5.69 Å². The Morgan fingerprint density at radius 1 is 1.10 bits per heavy atom. The molecule has 2 N–H and O–H groups in total. The fraction of sp³-hybridized carbons (Fsp3) is 0.105. The number of aromatic nitrogens is 2. The van der Waals surface area contributed by atoms with Crippen molar-refractivity contribution in [3.63, 3.8) is 0 Å². The van der Waals surface area contributed by atoms with Crippen molar-refractivity contribution in [3.05, 3.63) is 66.5 Å². The van der Waals surface area contributed by atoms with Crippen LogP contribution >= 0.6 is 11.8 Å². The first kappa shape index (κ1) is 20.6. The highest BCUT2D eigenvalue weighted by molar-refractivity contribution is 7.99. The molecule has 0 aliphatic heterocycles. The van der Waals surface area contributed by atoms with Gasteiger partial charge >= 0.3 is 5.97 Å². The van der Waals surface area contributed by atoms with Gasteiger partial charge in [0.1, 0.15) is 15.8 Å². The van der Waals surface area contributed by atoms with Gasteiger partial charge in [0.05, 0.1) is 10.6 Å². The molecule has 3 aromatic rings. The van der Waals surface area contributed by atoms with Gasteiger partial charge in [0, 0.05) is 12.4 Å². The number of sulfonamides is 1. The Hall–Kier alpha value is -3.11.